The Kier molecular flexibility index (Phi) is 8.57. The zero-order valence-corrected chi connectivity index (χ0v) is 19.5. The predicted molar refractivity (Wildman–Crippen MR) is 123 cm³/mol. The summed E-state index contributed by atoms with van der Waals surface area (Å²) in [6.45, 7) is 9.07. The molecule has 3 rings (SSSR count). The summed E-state index contributed by atoms with van der Waals surface area (Å²) in [5.74, 6) is 0.906. The van der Waals surface area contributed by atoms with Crippen molar-refractivity contribution in [2.75, 3.05) is 19.6 Å². The van der Waals surface area contributed by atoms with Crippen molar-refractivity contribution in [1.29, 1.82) is 0 Å². The molecule has 1 aromatic rings. The fourth-order valence-electron chi connectivity index (χ4n) is 4.62. The Morgan fingerprint density at radius 1 is 1.20 bits per heavy atom. The Labute approximate surface area is 185 Å². The van der Waals surface area contributed by atoms with Gasteiger partial charge in [0.1, 0.15) is 0 Å². The van der Waals surface area contributed by atoms with Gasteiger partial charge in [0.2, 0.25) is 5.91 Å². The van der Waals surface area contributed by atoms with Gasteiger partial charge in [-0.05, 0) is 76.4 Å². The van der Waals surface area contributed by atoms with E-state index in [1.807, 2.05) is 13.8 Å². The van der Waals surface area contributed by atoms with Crippen LogP contribution in [0.3, 0.4) is 0 Å². The Morgan fingerprint density at radius 3 is 2.63 bits per heavy atom. The topological polar surface area (TPSA) is 73.5 Å². The number of thiophene rings is 1. The van der Waals surface area contributed by atoms with Gasteiger partial charge < -0.3 is 16.0 Å². The minimum absolute atomic E-state index is 0.000608. The molecule has 2 aliphatic rings. The Balaban J connectivity index is 1.50. The zero-order valence-electron chi connectivity index (χ0n) is 18.7. The van der Waals surface area contributed by atoms with E-state index in [4.69, 9.17) is 0 Å². The van der Waals surface area contributed by atoms with Crippen LogP contribution in [0.25, 0.3) is 0 Å². The number of amides is 3. The Hall–Kier alpha value is -1.60. The number of nitrogens with zero attached hydrogens (tertiary/aromatic N) is 1. The van der Waals surface area contributed by atoms with E-state index in [9.17, 15) is 9.59 Å². The molecule has 7 heteroatoms. The SMILES string of the molecule is CC1CCN(C(CNC(=O)NC2CCCC(C(=O)NC(C)C)C2)c2cccs2)CC1. The quantitative estimate of drug-likeness (QED) is 0.609. The largest absolute Gasteiger partial charge is 0.354 e. The molecule has 3 unspecified atom stereocenters. The van der Waals surface area contributed by atoms with Gasteiger partial charge in [-0.3, -0.25) is 9.69 Å². The standard InChI is InChI=1S/C23H38N4O2S/c1-16(2)25-22(28)18-6-4-7-19(14-18)26-23(29)24-15-20(21-8-5-13-30-21)27-11-9-17(3)10-12-27/h5,8,13,16-20H,4,6-7,9-12,14-15H2,1-3H3,(H,25,28)(H2,24,26,29). The van der Waals surface area contributed by atoms with Gasteiger partial charge in [-0.15, -0.1) is 11.3 Å². The van der Waals surface area contributed by atoms with Gasteiger partial charge in [-0.1, -0.05) is 19.4 Å². The van der Waals surface area contributed by atoms with E-state index >= 15 is 0 Å². The third-order valence-electron chi connectivity index (χ3n) is 6.40. The van der Waals surface area contributed by atoms with Crippen LogP contribution < -0.4 is 16.0 Å². The lowest BCUT2D eigenvalue weighted by atomic mass is 9.85. The summed E-state index contributed by atoms with van der Waals surface area (Å²) in [6.07, 6.45) is 5.99. The molecule has 2 heterocycles. The summed E-state index contributed by atoms with van der Waals surface area (Å²) in [5.41, 5.74) is 0. The first kappa shape index (κ1) is 23.1. The molecule has 0 radical (unpaired) electrons. The number of hydrogen-bond donors (Lipinski definition) is 3. The minimum Gasteiger partial charge on any atom is -0.354 e. The molecule has 3 amide bonds. The van der Waals surface area contributed by atoms with Crippen molar-refractivity contribution in [2.45, 2.75) is 77.4 Å². The number of carbonyl (C=O) groups is 2. The highest BCUT2D eigenvalue weighted by atomic mass is 32.1. The van der Waals surface area contributed by atoms with Gasteiger partial charge in [0.25, 0.3) is 0 Å². The number of likely N-dealkylation sites (tertiary alicyclic amines) is 1. The Morgan fingerprint density at radius 2 is 1.97 bits per heavy atom. The highest BCUT2D eigenvalue weighted by Gasteiger charge is 2.29. The van der Waals surface area contributed by atoms with E-state index in [0.717, 1.165) is 44.7 Å². The fourth-order valence-corrected chi connectivity index (χ4v) is 5.48. The van der Waals surface area contributed by atoms with Gasteiger partial charge in [-0.2, -0.15) is 0 Å². The van der Waals surface area contributed by atoms with E-state index in [1.54, 1.807) is 11.3 Å². The fraction of sp³-hybridized carbons (Fsp3) is 0.739. The molecule has 3 atom stereocenters. The van der Waals surface area contributed by atoms with E-state index < -0.39 is 0 Å². The maximum Gasteiger partial charge on any atom is 0.315 e. The van der Waals surface area contributed by atoms with Crippen LogP contribution in [0.15, 0.2) is 17.5 Å². The van der Waals surface area contributed by atoms with E-state index in [-0.39, 0.29) is 36.0 Å². The van der Waals surface area contributed by atoms with Crippen LogP contribution in [-0.2, 0) is 4.79 Å². The van der Waals surface area contributed by atoms with Crippen LogP contribution >= 0.6 is 11.3 Å². The number of rotatable bonds is 7. The number of urea groups is 1. The number of piperidine rings is 1. The second-order valence-corrected chi connectivity index (χ2v) is 10.3. The maximum absolute atomic E-state index is 12.6. The minimum atomic E-state index is -0.114. The predicted octanol–water partition coefficient (Wildman–Crippen LogP) is 3.90. The molecular weight excluding hydrogens is 396 g/mol. The van der Waals surface area contributed by atoms with Crippen LogP contribution in [0.4, 0.5) is 4.79 Å². The first-order chi connectivity index (χ1) is 14.4. The first-order valence-corrected chi connectivity index (χ1v) is 12.4. The number of hydrogen-bond acceptors (Lipinski definition) is 4. The molecule has 2 fully saturated rings. The molecule has 1 aromatic heterocycles. The number of carbonyl (C=O) groups excluding carboxylic acids is 2. The van der Waals surface area contributed by atoms with Gasteiger partial charge in [0.15, 0.2) is 0 Å². The summed E-state index contributed by atoms with van der Waals surface area (Å²) in [5, 5.41) is 11.4. The normalized spacial score (nSPS) is 24.4. The number of nitrogens with one attached hydrogen (secondary N) is 3. The second-order valence-electron chi connectivity index (χ2n) is 9.33. The molecule has 6 nitrogen and oxygen atoms in total. The molecule has 1 aliphatic heterocycles. The van der Waals surface area contributed by atoms with Crippen LogP contribution in [0, 0.1) is 11.8 Å². The Bertz CT molecular complexity index is 671. The molecule has 1 saturated heterocycles. The van der Waals surface area contributed by atoms with Crippen LogP contribution in [0.5, 0.6) is 0 Å². The van der Waals surface area contributed by atoms with Gasteiger partial charge in [0, 0.05) is 29.4 Å². The van der Waals surface area contributed by atoms with Crippen LogP contribution in [-0.4, -0.2) is 48.6 Å². The highest BCUT2D eigenvalue weighted by molar-refractivity contribution is 7.10. The van der Waals surface area contributed by atoms with Gasteiger partial charge in [-0.25, -0.2) is 4.79 Å². The first-order valence-electron chi connectivity index (χ1n) is 11.5. The summed E-state index contributed by atoms with van der Waals surface area (Å²) in [6, 6.07) is 4.60. The molecule has 0 bridgehead atoms. The van der Waals surface area contributed by atoms with Crippen molar-refractivity contribution < 1.29 is 9.59 Å². The maximum atomic E-state index is 12.6. The van der Waals surface area contributed by atoms with E-state index in [1.165, 1.54) is 17.7 Å². The third kappa shape index (κ3) is 6.71. The third-order valence-corrected chi connectivity index (χ3v) is 7.37. The summed E-state index contributed by atoms with van der Waals surface area (Å²) >= 11 is 1.76. The molecule has 1 aliphatic carbocycles. The highest BCUT2D eigenvalue weighted by Crippen LogP contribution is 2.29. The second kappa shape index (κ2) is 11.1. The molecule has 3 N–H and O–H groups in total. The lowest BCUT2D eigenvalue weighted by molar-refractivity contribution is -0.126. The van der Waals surface area contributed by atoms with Crippen molar-refractivity contribution >= 4 is 23.3 Å². The molecular formula is C23H38N4O2S. The summed E-state index contributed by atoms with van der Waals surface area (Å²) in [7, 11) is 0. The molecule has 0 spiro atoms. The molecule has 1 saturated carbocycles. The summed E-state index contributed by atoms with van der Waals surface area (Å²) in [4.78, 5) is 28.8. The molecule has 30 heavy (non-hydrogen) atoms. The molecule has 0 aromatic carbocycles. The lowest BCUT2D eigenvalue weighted by Gasteiger charge is -2.36. The smallest absolute Gasteiger partial charge is 0.315 e. The van der Waals surface area contributed by atoms with Gasteiger partial charge in [0.05, 0.1) is 6.04 Å². The average molecular weight is 435 g/mol. The van der Waals surface area contributed by atoms with Gasteiger partial charge >= 0.3 is 6.03 Å². The van der Waals surface area contributed by atoms with Crippen LogP contribution in [0.1, 0.15) is 70.2 Å². The monoisotopic (exact) mass is 434 g/mol. The van der Waals surface area contributed by atoms with Crippen molar-refractivity contribution in [1.82, 2.24) is 20.9 Å². The lowest BCUT2D eigenvalue weighted by Crippen LogP contribution is -2.49. The zero-order chi connectivity index (χ0) is 21.5. The molecule has 168 valence electrons. The average Bonchev–Trinajstić information content (AvgIpc) is 3.23. The van der Waals surface area contributed by atoms with Crippen molar-refractivity contribution in [3.8, 4) is 0 Å². The van der Waals surface area contributed by atoms with Crippen molar-refractivity contribution in [3.63, 3.8) is 0 Å². The van der Waals surface area contributed by atoms with Crippen LogP contribution in [0.2, 0.25) is 0 Å². The van der Waals surface area contributed by atoms with Crippen molar-refractivity contribution in [3.05, 3.63) is 22.4 Å². The van der Waals surface area contributed by atoms with E-state index in [0.29, 0.717) is 6.54 Å². The summed E-state index contributed by atoms with van der Waals surface area (Å²) < 4.78 is 0. The van der Waals surface area contributed by atoms with Crippen molar-refractivity contribution in [2.24, 2.45) is 11.8 Å². The van der Waals surface area contributed by atoms with E-state index in [2.05, 4.69) is 45.3 Å².